The number of nitro groups is 1. The summed E-state index contributed by atoms with van der Waals surface area (Å²) in [5.74, 6) is 5.33. The number of nitrogen functional groups attached to an aromatic ring is 1. The summed E-state index contributed by atoms with van der Waals surface area (Å²) in [6.07, 6.45) is 3.38. The number of rotatable bonds is 5. The lowest BCUT2D eigenvalue weighted by atomic mass is 10.2. The van der Waals surface area contributed by atoms with Crippen molar-refractivity contribution < 1.29 is 4.92 Å². The number of nitrogens with one attached hydrogen (secondary N) is 1. The first kappa shape index (κ1) is 13.8. The molecule has 0 aliphatic carbocycles. The average Bonchev–Trinajstić information content (AvgIpc) is 2.47. The van der Waals surface area contributed by atoms with Gasteiger partial charge >= 0.3 is 5.69 Å². The van der Waals surface area contributed by atoms with Crippen LogP contribution in [0.1, 0.15) is 5.56 Å². The number of para-hydroxylation sites is 1. The van der Waals surface area contributed by atoms with E-state index in [0.717, 1.165) is 5.56 Å². The van der Waals surface area contributed by atoms with Gasteiger partial charge in [0.15, 0.2) is 0 Å². The Morgan fingerprint density at radius 3 is 2.65 bits per heavy atom. The van der Waals surface area contributed by atoms with Crippen LogP contribution in [0.4, 0.5) is 17.1 Å². The second kappa shape index (κ2) is 5.98. The van der Waals surface area contributed by atoms with Crippen LogP contribution in [0.5, 0.6) is 0 Å². The molecule has 3 N–H and O–H groups in total. The van der Waals surface area contributed by atoms with E-state index < -0.39 is 4.92 Å². The van der Waals surface area contributed by atoms with Gasteiger partial charge in [-0.3, -0.25) is 20.9 Å². The number of hydrogen-bond donors (Lipinski definition) is 2. The molecule has 0 fully saturated rings. The van der Waals surface area contributed by atoms with Crippen LogP contribution < -0.4 is 16.2 Å². The molecule has 7 heteroatoms. The first-order chi connectivity index (χ1) is 9.63. The highest BCUT2D eigenvalue weighted by Gasteiger charge is 2.21. The molecule has 0 aliphatic heterocycles. The fourth-order valence-corrected chi connectivity index (χ4v) is 1.99. The summed E-state index contributed by atoms with van der Waals surface area (Å²) in [5, 5.41) is 11.2. The molecule has 104 valence electrons. The zero-order valence-corrected chi connectivity index (χ0v) is 11.0. The van der Waals surface area contributed by atoms with Gasteiger partial charge in [-0.2, -0.15) is 0 Å². The number of hydrogen-bond acceptors (Lipinski definition) is 6. The molecule has 1 aromatic heterocycles. The topological polar surface area (TPSA) is 97.3 Å². The maximum atomic E-state index is 11.2. The van der Waals surface area contributed by atoms with E-state index in [2.05, 4.69) is 10.4 Å². The molecule has 0 amide bonds. The van der Waals surface area contributed by atoms with Gasteiger partial charge < -0.3 is 10.3 Å². The number of benzene rings is 1. The third-order valence-electron chi connectivity index (χ3n) is 2.93. The fourth-order valence-electron chi connectivity index (χ4n) is 1.99. The summed E-state index contributed by atoms with van der Waals surface area (Å²) in [6.45, 7) is 0.539. The molecular weight excluding hydrogens is 258 g/mol. The first-order valence-corrected chi connectivity index (χ1v) is 5.97. The summed E-state index contributed by atoms with van der Waals surface area (Å²) in [7, 11) is 1.79. The Labute approximate surface area is 116 Å². The minimum atomic E-state index is -0.437. The zero-order chi connectivity index (χ0) is 14.5. The highest BCUT2D eigenvalue weighted by Crippen LogP contribution is 2.34. The van der Waals surface area contributed by atoms with Crippen molar-refractivity contribution >= 4 is 17.1 Å². The zero-order valence-electron chi connectivity index (χ0n) is 11.0. The summed E-state index contributed by atoms with van der Waals surface area (Å²) < 4.78 is 0. The Kier molecular flexibility index (Phi) is 4.11. The molecule has 20 heavy (non-hydrogen) atoms. The van der Waals surface area contributed by atoms with E-state index in [4.69, 9.17) is 5.84 Å². The van der Waals surface area contributed by atoms with Gasteiger partial charge in [-0.05, 0) is 29.8 Å². The van der Waals surface area contributed by atoms with Crippen LogP contribution in [0.25, 0.3) is 0 Å². The molecule has 0 saturated carbocycles. The SMILES string of the molecule is CN(Cc1ccncc1)c1cccc(NN)c1[N+](=O)[O-]. The average molecular weight is 273 g/mol. The molecular formula is C13H15N5O2. The fraction of sp³-hybridized carbons (Fsp3) is 0.154. The molecule has 7 nitrogen and oxygen atoms in total. The van der Waals surface area contributed by atoms with Crippen molar-refractivity contribution in [2.24, 2.45) is 5.84 Å². The van der Waals surface area contributed by atoms with E-state index in [1.54, 1.807) is 42.5 Å². The highest BCUT2D eigenvalue weighted by atomic mass is 16.6. The van der Waals surface area contributed by atoms with Crippen molar-refractivity contribution in [1.29, 1.82) is 0 Å². The van der Waals surface area contributed by atoms with E-state index in [0.29, 0.717) is 12.2 Å². The lowest BCUT2D eigenvalue weighted by molar-refractivity contribution is -0.383. The van der Waals surface area contributed by atoms with Crippen molar-refractivity contribution in [3.8, 4) is 0 Å². The van der Waals surface area contributed by atoms with Crippen LogP contribution in [0.15, 0.2) is 42.7 Å². The molecule has 0 aliphatic rings. The van der Waals surface area contributed by atoms with Crippen LogP contribution in [0.2, 0.25) is 0 Å². The number of hydrazine groups is 1. The number of nitrogens with two attached hydrogens (primary N) is 1. The Balaban J connectivity index is 2.34. The number of pyridine rings is 1. The van der Waals surface area contributed by atoms with E-state index in [1.807, 2.05) is 12.1 Å². The van der Waals surface area contributed by atoms with Crippen LogP contribution in [0.3, 0.4) is 0 Å². The summed E-state index contributed by atoms with van der Waals surface area (Å²) in [4.78, 5) is 16.5. The Bertz CT molecular complexity index is 603. The van der Waals surface area contributed by atoms with Gasteiger partial charge in [-0.1, -0.05) is 6.07 Å². The van der Waals surface area contributed by atoms with Crippen molar-refractivity contribution in [3.63, 3.8) is 0 Å². The molecule has 1 heterocycles. The van der Waals surface area contributed by atoms with Gasteiger partial charge in [-0.25, -0.2) is 0 Å². The minimum Gasteiger partial charge on any atom is -0.365 e. The van der Waals surface area contributed by atoms with Crippen LogP contribution >= 0.6 is 0 Å². The van der Waals surface area contributed by atoms with Crippen LogP contribution in [0, 0.1) is 10.1 Å². The quantitative estimate of drug-likeness (QED) is 0.490. The van der Waals surface area contributed by atoms with Crippen molar-refractivity contribution in [1.82, 2.24) is 4.98 Å². The normalized spacial score (nSPS) is 10.1. The maximum Gasteiger partial charge on any atom is 0.316 e. The lowest BCUT2D eigenvalue weighted by Gasteiger charge is -2.20. The molecule has 2 aromatic rings. The number of nitro benzene ring substituents is 1. The molecule has 0 saturated heterocycles. The molecule has 0 unspecified atom stereocenters. The predicted octanol–water partition coefficient (Wildman–Crippen LogP) is 1.91. The Hall–Kier alpha value is -2.67. The van der Waals surface area contributed by atoms with Crippen molar-refractivity contribution in [2.45, 2.75) is 6.54 Å². The van der Waals surface area contributed by atoms with Gasteiger partial charge in [0.25, 0.3) is 0 Å². The maximum absolute atomic E-state index is 11.2. The third kappa shape index (κ3) is 2.83. The van der Waals surface area contributed by atoms with E-state index >= 15 is 0 Å². The van der Waals surface area contributed by atoms with Crippen LogP contribution in [-0.4, -0.2) is 17.0 Å². The molecule has 1 aromatic carbocycles. The summed E-state index contributed by atoms with van der Waals surface area (Å²) in [5.41, 5.74) is 4.13. The molecule has 2 rings (SSSR count). The Morgan fingerprint density at radius 2 is 2.05 bits per heavy atom. The molecule has 0 radical (unpaired) electrons. The molecule has 0 bridgehead atoms. The van der Waals surface area contributed by atoms with E-state index in [9.17, 15) is 10.1 Å². The third-order valence-corrected chi connectivity index (χ3v) is 2.93. The van der Waals surface area contributed by atoms with Crippen molar-refractivity contribution in [3.05, 3.63) is 58.4 Å². The van der Waals surface area contributed by atoms with Gasteiger partial charge in [0.2, 0.25) is 0 Å². The monoisotopic (exact) mass is 273 g/mol. The van der Waals surface area contributed by atoms with Gasteiger partial charge in [-0.15, -0.1) is 0 Å². The van der Waals surface area contributed by atoms with E-state index in [1.165, 1.54) is 0 Å². The number of anilines is 2. The van der Waals surface area contributed by atoms with Gasteiger partial charge in [0.1, 0.15) is 11.4 Å². The second-order valence-electron chi connectivity index (χ2n) is 4.29. The predicted molar refractivity (Wildman–Crippen MR) is 77.3 cm³/mol. The Morgan fingerprint density at radius 1 is 1.35 bits per heavy atom. The number of aromatic nitrogens is 1. The van der Waals surface area contributed by atoms with Gasteiger partial charge in [0, 0.05) is 26.0 Å². The van der Waals surface area contributed by atoms with Gasteiger partial charge in [0.05, 0.1) is 4.92 Å². The number of nitrogens with zero attached hydrogens (tertiary/aromatic N) is 3. The first-order valence-electron chi connectivity index (χ1n) is 5.97. The van der Waals surface area contributed by atoms with E-state index in [-0.39, 0.29) is 11.4 Å². The molecule has 0 spiro atoms. The standard InChI is InChI=1S/C13H15N5O2/c1-17(9-10-5-7-15-8-6-10)12-4-2-3-11(16-14)13(12)18(19)20/h2-8,16H,9,14H2,1H3. The summed E-state index contributed by atoms with van der Waals surface area (Å²) in [6, 6.07) is 8.73. The highest BCUT2D eigenvalue weighted by molar-refractivity contribution is 5.76. The summed E-state index contributed by atoms with van der Waals surface area (Å²) >= 11 is 0. The molecule has 0 atom stereocenters. The largest absolute Gasteiger partial charge is 0.365 e. The second-order valence-corrected chi connectivity index (χ2v) is 4.29. The van der Waals surface area contributed by atoms with Crippen LogP contribution in [-0.2, 0) is 6.54 Å². The smallest absolute Gasteiger partial charge is 0.316 e. The lowest BCUT2D eigenvalue weighted by Crippen LogP contribution is -2.19. The minimum absolute atomic E-state index is 0.0356. The van der Waals surface area contributed by atoms with Crippen molar-refractivity contribution in [2.75, 3.05) is 17.4 Å².